The molecule has 5 nitrogen and oxygen atoms in total. The molecule has 2 heterocycles. The van der Waals surface area contributed by atoms with Crippen LogP contribution in [-0.4, -0.2) is 20.7 Å². The lowest BCUT2D eigenvalue weighted by molar-refractivity contribution is -0.116. The van der Waals surface area contributed by atoms with Crippen molar-refractivity contribution in [3.05, 3.63) is 76.4 Å². The molecule has 0 radical (unpaired) electrons. The summed E-state index contributed by atoms with van der Waals surface area (Å²) in [5.41, 5.74) is 2.05. The zero-order valence-corrected chi connectivity index (χ0v) is 16.0. The van der Waals surface area contributed by atoms with Gasteiger partial charge in [0.15, 0.2) is 0 Å². The Morgan fingerprint density at radius 2 is 1.93 bits per heavy atom. The van der Waals surface area contributed by atoms with Gasteiger partial charge in [-0.05, 0) is 29.8 Å². The molecule has 0 aliphatic carbocycles. The Morgan fingerprint density at radius 3 is 2.74 bits per heavy atom. The Labute approximate surface area is 165 Å². The van der Waals surface area contributed by atoms with Crippen molar-refractivity contribution >= 4 is 44.9 Å². The normalized spacial score (nSPS) is 11.0. The van der Waals surface area contributed by atoms with Crippen molar-refractivity contribution < 1.29 is 4.79 Å². The zero-order chi connectivity index (χ0) is 18.6. The average molecular weight is 397 g/mol. The lowest BCUT2D eigenvalue weighted by Crippen LogP contribution is -2.16. The Bertz CT molecular complexity index is 1040. The number of hydrogen-bond acceptors (Lipinski definition) is 4. The number of fused-ring (bicyclic) bond motifs is 1. The highest BCUT2D eigenvalue weighted by atomic mass is 35.5. The molecule has 0 saturated heterocycles. The van der Waals surface area contributed by atoms with Crippen LogP contribution in [-0.2, 0) is 17.8 Å². The van der Waals surface area contributed by atoms with Gasteiger partial charge in [0.25, 0.3) is 0 Å². The fourth-order valence-corrected chi connectivity index (χ4v) is 3.87. The van der Waals surface area contributed by atoms with Gasteiger partial charge in [0.05, 0.1) is 28.0 Å². The SMILES string of the molecule is O=C(CCc1nc2ccccc2s1)Nc1ccnn1Cc1ccc(Cl)cc1. The maximum absolute atomic E-state index is 12.4. The number of nitrogens with zero attached hydrogens (tertiary/aromatic N) is 3. The van der Waals surface area contributed by atoms with E-state index in [2.05, 4.69) is 15.4 Å². The van der Waals surface area contributed by atoms with Gasteiger partial charge in [-0.15, -0.1) is 11.3 Å². The second-order valence-electron chi connectivity index (χ2n) is 6.12. The maximum atomic E-state index is 12.4. The molecule has 0 aliphatic heterocycles. The minimum absolute atomic E-state index is 0.0490. The van der Waals surface area contributed by atoms with E-state index in [0.717, 1.165) is 20.8 Å². The number of carbonyl (C=O) groups excluding carboxylic acids is 1. The number of hydrogen-bond donors (Lipinski definition) is 1. The van der Waals surface area contributed by atoms with Crippen molar-refractivity contribution in [1.82, 2.24) is 14.8 Å². The van der Waals surface area contributed by atoms with Crippen LogP contribution in [0.2, 0.25) is 5.02 Å². The van der Waals surface area contributed by atoms with Crippen LogP contribution in [0.15, 0.2) is 60.8 Å². The molecule has 27 heavy (non-hydrogen) atoms. The first-order valence-electron chi connectivity index (χ1n) is 8.58. The average Bonchev–Trinajstić information content (AvgIpc) is 3.28. The highest BCUT2D eigenvalue weighted by Gasteiger charge is 2.10. The molecule has 1 amide bonds. The van der Waals surface area contributed by atoms with Gasteiger partial charge in [-0.2, -0.15) is 5.10 Å². The van der Waals surface area contributed by atoms with Crippen LogP contribution in [0, 0.1) is 0 Å². The quantitative estimate of drug-likeness (QED) is 0.511. The van der Waals surface area contributed by atoms with Gasteiger partial charge >= 0.3 is 0 Å². The summed E-state index contributed by atoms with van der Waals surface area (Å²) in [7, 11) is 0. The van der Waals surface area contributed by atoms with Crippen LogP contribution < -0.4 is 5.32 Å². The molecular formula is C20H17ClN4OS. The number of anilines is 1. The van der Waals surface area contributed by atoms with E-state index in [-0.39, 0.29) is 5.91 Å². The molecule has 0 aliphatic rings. The van der Waals surface area contributed by atoms with Crippen molar-refractivity contribution in [2.24, 2.45) is 0 Å². The van der Waals surface area contributed by atoms with E-state index in [4.69, 9.17) is 11.6 Å². The first kappa shape index (κ1) is 17.7. The number of amides is 1. The first-order chi connectivity index (χ1) is 13.2. The molecule has 0 atom stereocenters. The summed E-state index contributed by atoms with van der Waals surface area (Å²) in [5, 5.41) is 8.90. The Kier molecular flexibility index (Phi) is 5.18. The van der Waals surface area contributed by atoms with E-state index in [1.165, 1.54) is 0 Å². The predicted octanol–water partition coefficient (Wildman–Crippen LogP) is 4.77. The highest BCUT2D eigenvalue weighted by Crippen LogP contribution is 2.22. The summed E-state index contributed by atoms with van der Waals surface area (Å²) in [6.45, 7) is 0.567. The second kappa shape index (κ2) is 7.90. The molecule has 0 saturated carbocycles. The van der Waals surface area contributed by atoms with Crippen molar-refractivity contribution in [2.45, 2.75) is 19.4 Å². The van der Waals surface area contributed by atoms with Gasteiger partial charge in [0.2, 0.25) is 5.91 Å². The minimum Gasteiger partial charge on any atom is -0.311 e. The van der Waals surface area contributed by atoms with Crippen LogP contribution in [0.3, 0.4) is 0 Å². The lowest BCUT2D eigenvalue weighted by atomic mass is 10.2. The number of para-hydroxylation sites is 1. The topological polar surface area (TPSA) is 59.8 Å². The number of rotatable bonds is 6. The number of aromatic nitrogens is 3. The first-order valence-corrected chi connectivity index (χ1v) is 9.77. The van der Waals surface area contributed by atoms with E-state index in [1.54, 1.807) is 28.3 Å². The van der Waals surface area contributed by atoms with Gasteiger partial charge in [-0.1, -0.05) is 35.9 Å². The van der Waals surface area contributed by atoms with Crippen LogP contribution in [0.4, 0.5) is 5.82 Å². The van der Waals surface area contributed by atoms with E-state index < -0.39 is 0 Å². The van der Waals surface area contributed by atoms with Gasteiger partial charge in [-0.3, -0.25) is 4.79 Å². The third-order valence-corrected chi connectivity index (χ3v) is 5.48. The Balaban J connectivity index is 1.37. The minimum atomic E-state index is -0.0490. The molecule has 0 bridgehead atoms. The van der Waals surface area contributed by atoms with Gasteiger partial charge < -0.3 is 5.32 Å². The van der Waals surface area contributed by atoms with E-state index in [9.17, 15) is 4.79 Å². The third-order valence-electron chi connectivity index (χ3n) is 4.13. The zero-order valence-electron chi connectivity index (χ0n) is 14.4. The van der Waals surface area contributed by atoms with Crippen LogP contribution in [0.1, 0.15) is 17.0 Å². The lowest BCUT2D eigenvalue weighted by Gasteiger charge is -2.09. The summed E-state index contributed by atoms with van der Waals surface area (Å²) in [6, 6.07) is 17.4. The molecule has 136 valence electrons. The van der Waals surface area contributed by atoms with E-state index >= 15 is 0 Å². The second-order valence-corrected chi connectivity index (χ2v) is 7.68. The number of thiazole rings is 1. The van der Waals surface area contributed by atoms with Gasteiger partial charge in [0.1, 0.15) is 5.82 Å². The molecule has 0 fully saturated rings. The van der Waals surface area contributed by atoms with Crippen molar-refractivity contribution in [2.75, 3.05) is 5.32 Å². The summed E-state index contributed by atoms with van der Waals surface area (Å²) < 4.78 is 2.91. The number of carbonyl (C=O) groups is 1. The molecule has 1 N–H and O–H groups in total. The Hall–Kier alpha value is -2.70. The molecule has 4 aromatic rings. The molecule has 0 spiro atoms. The number of nitrogens with one attached hydrogen (secondary N) is 1. The fourth-order valence-electron chi connectivity index (χ4n) is 2.78. The number of halogens is 1. The summed E-state index contributed by atoms with van der Waals surface area (Å²) in [6.07, 6.45) is 2.68. The van der Waals surface area contributed by atoms with Crippen molar-refractivity contribution in [3.8, 4) is 0 Å². The van der Waals surface area contributed by atoms with Crippen molar-refractivity contribution in [3.63, 3.8) is 0 Å². The predicted molar refractivity (Wildman–Crippen MR) is 109 cm³/mol. The maximum Gasteiger partial charge on any atom is 0.225 e. The van der Waals surface area contributed by atoms with Gasteiger partial charge in [0, 0.05) is 23.9 Å². The summed E-state index contributed by atoms with van der Waals surface area (Å²) in [4.78, 5) is 16.9. The van der Waals surface area contributed by atoms with Crippen LogP contribution in [0.25, 0.3) is 10.2 Å². The number of benzene rings is 2. The fraction of sp³-hybridized carbons (Fsp3) is 0.150. The molecule has 2 aromatic carbocycles. The summed E-state index contributed by atoms with van der Waals surface area (Å²) >= 11 is 7.55. The Morgan fingerprint density at radius 1 is 1.11 bits per heavy atom. The largest absolute Gasteiger partial charge is 0.311 e. The third kappa shape index (κ3) is 4.35. The monoisotopic (exact) mass is 396 g/mol. The molecule has 7 heteroatoms. The van der Waals surface area contributed by atoms with Crippen LogP contribution >= 0.6 is 22.9 Å². The van der Waals surface area contributed by atoms with E-state index in [1.807, 2.05) is 48.5 Å². The molecule has 2 aromatic heterocycles. The molecule has 0 unspecified atom stereocenters. The van der Waals surface area contributed by atoms with Crippen molar-refractivity contribution in [1.29, 1.82) is 0 Å². The van der Waals surface area contributed by atoms with Gasteiger partial charge in [-0.25, -0.2) is 9.67 Å². The standard InChI is InChI=1S/C20H17ClN4OS/c21-15-7-5-14(6-8-15)13-25-18(11-12-22-25)24-19(26)9-10-20-23-16-3-1-2-4-17(16)27-20/h1-8,11-12H,9-10,13H2,(H,24,26). The number of aryl methyl sites for hydroxylation is 1. The molecule has 4 rings (SSSR count). The van der Waals surface area contributed by atoms with E-state index in [0.29, 0.717) is 30.2 Å². The smallest absolute Gasteiger partial charge is 0.225 e. The summed E-state index contributed by atoms with van der Waals surface area (Å²) in [5.74, 6) is 0.631. The van der Waals surface area contributed by atoms with Crippen LogP contribution in [0.5, 0.6) is 0 Å². The highest BCUT2D eigenvalue weighted by molar-refractivity contribution is 7.18. The molecular weight excluding hydrogens is 380 g/mol.